The van der Waals surface area contributed by atoms with Crippen LogP contribution in [0.5, 0.6) is 5.75 Å². The summed E-state index contributed by atoms with van der Waals surface area (Å²) in [6.45, 7) is 9.06. The van der Waals surface area contributed by atoms with Crippen LogP contribution >= 0.6 is 0 Å². The van der Waals surface area contributed by atoms with Gasteiger partial charge in [-0.05, 0) is 44.4 Å². The Balaban J connectivity index is 2.86. The Morgan fingerprint density at radius 3 is 2.56 bits per heavy atom. The zero-order valence-corrected chi connectivity index (χ0v) is 15.9. The SMILES string of the molecule is CCCCOc1ccc(NC(=O)[C@@](C)(CCC)OCCC)cc1C#N. The third-order valence-electron chi connectivity index (χ3n) is 3.95. The number of carbonyl (C=O) groups excluding carboxylic acids is 1. The summed E-state index contributed by atoms with van der Waals surface area (Å²) in [4.78, 5) is 12.7. The second kappa shape index (κ2) is 10.7. The number of nitrogens with one attached hydrogen (secondary N) is 1. The van der Waals surface area contributed by atoms with Crippen LogP contribution in [0.4, 0.5) is 5.69 Å². The van der Waals surface area contributed by atoms with Gasteiger partial charge in [0.25, 0.3) is 5.91 Å². The molecule has 1 amide bonds. The number of benzene rings is 1. The predicted octanol–water partition coefficient (Wildman–Crippen LogP) is 4.66. The smallest absolute Gasteiger partial charge is 0.256 e. The monoisotopic (exact) mass is 346 g/mol. The van der Waals surface area contributed by atoms with Gasteiger partial charge in [0, 0.05) is 12.3 Å². The molecule has 0 aliphatic heterocycles. The van der Waals surface area contributed by atoms with Gasteiger partial charge in [0.05, 0.1) is 12.2 Å². The molecule has 0 radical (unpaired) electrons. The van der Waals surface area contributed by atoms with Crippen molar-refractivity contribution >= 4 is 11.6 Å². The van der Waals surface area contributed by atoms with Gasteiger partial charge in [0.2, 0.25) is 0 Å². The van der Waals surface area contributed by atoms with E-state index in [2.05, 4.69) is 18.3 Å². The lowest BCUT2D eigenvalue weighted by molar-refractivity contribution is -0.140. The standard InChI is InChI=1S/C20H30N2O3/c1-5-8-13-24-18-10-9-17(14-16(18)15-21)22-19(23)20(4,11-6-2)25-12-7-3/h9-10,14H,5-8,11-13H2,1-4H3,(H,22,23)/t20-/m1/s1. The van der Waals surface area contributed by atoms with Crippen molar-refractivity contribution in [2.75, 3.05) is 18.5 Å². The zero-order valence-electron chi connectivity index (χ0n) is 15.9. The van der Waals surface area contributed by atoms with Crippen molar-refractivity contribution in [3.8, 4) is 11.8 Å². The van der Waals surface area contributed by atoms with Gasteiger partial charge in [-0.25, -0.2) is 0 Å². The molecular weight excluding hydrogens is 316 g/mol. The van der Waals surface area contributed by atoms with E-state index in [1.807, 2.05) is 20.8 Å². The van der Waals surface area contributed by atoms with Crippen LogP contribution in [0.2, 0.25) is 0 Å². The van der Waals surface area contributed by atoms with E-state index in [1.54, 1.807) is 18.2 Å². The summed E-state index contributed by atoms with van der Waals surface area (Å²) >= 11 is 0. The number of anilines is 1. The van der Waals surface area contributed by atoms with Gasteiger partial charge in [0.1, 0.15) is 17.4 Å². The second-order valence-electron chi connectivity index (χ2n) is 6.31. The Labute approximate surface area is 151 Å². The minimum absolute atomic E-state index is 0.189. The van der Waals surface area contributed by atoms with Crippen LogP contribution in [-0.2, 0) is 9.53 Å². The van der Waals surface area contributed by atoms with Gasteiger partial charge in [-0.2, -0.15) is 5.26 Å². The summed E-state index contributed by atoms with van der Waals surface area (Å²) in [5.74, 6) is 0.360. The molecule has 0 aliphatic carbocycles. The summed E-state index contributed by atoms with van der Waals surface area (Å²) in [5.41, 5.74) is 0.126. The lowest BCUT2D eigenvalue weighted by atomic mass is 9.98. The number of amides is 1. The number of ether oxygens (including phenoxy) is 2. The summed E-state index contributed by atoms with van der Waals surface area (Å²) in [6.07, 6.45) is 4.32. The highest BCUT2D eigenvalue weighted by Crippen LogP contribution is 2.25. The lowest BCUT2D eigenvalue weighted by Crippen LogP contribution is -2.43. The van der Waals surface area contributed by atoms with Crippen LogP contribution in [0.1, 0.15) is 65.4 Å². The van der Waals surface area contributed by atoms with Gasteiger partial charge < -0.3 is 14.8 Å². The lowest BCUT2D eigenvalue weighted by Gasteiger charge is -2.28. The minimum atomic E-state index is -0.867. The van der Waals surface area contributed by atoms with E-state index in [4.69, 9.17) is 9.47 Å². The fourth-order valence-electron chi connectivity index (χ4n) is 2.47. The number of nitrogens with zero attached hydrogens (tertiary/aromatic N) is 1. The van der Waals surface area contributed by atoms with Crippen molar-refractivity contribution in [3.63, 3.8) is 0 Å². The molecule has 25 heavy (non-hydrogen) atoms. The van der Waals surface area contributed by atoms with E-state index in [1.165, 1.54) is 0 Å². The van der Waals surface area contributed by atoms with E-state index in [9.17, 15) is 10.1 Å². The number of nitriles is 1. The highest BCUT2D eigenvalue weighted by atomic mass is 16.5. The molecule has 0 aromatic heterocycles. The normalized spacial score (nSPS) is 12.9. The maximum atomic E-state index is 12.7. The van der Waals surface area contributed by atoms with E-state index in [0.717, 1.165) is 25.7 Å². The molecule has 138 valence electrons. The van der Waals surface area contributed by atoms with E-state index >= 15 is 0 Å². The van der Waals surface area contributed by atoms with Gasteiger partial charge in [-0.15, -0.1) is 0 Å². The van der Waals surface area contributed by atoms with Crippen LogP contribution in [0.25, 0.3) is 0 Å². The number of hydrogen-bond acceptors (Lipinski definition) is 4. The Hall–Kier alpha value is -2.06. The zero-order chi connectivity index (χ0) is 18.7. The highest BCUT2D eigenvalue weighted by Gasteiger charge is 2.33. The first kappa shape index (κ1) is 21.0. The summed E-state index contributed by atoms with van der Waals surface area (Å²) in [6, 6.07) is 7.26. The van der Waals surface area contributed by atoms with Crippen LogP contribution in [-0.4, -0.2) is 24.7 Å². The molecule has 0 saturated heterocycles. The van der Waals surface area contributed by atoms with Gasteiger partial charge in [-0.1, -0.05) is 33.6 Å². The first-order valence-electron chi connectivity index (χ1n) is 9.13. The maximum Gasteiger partial charge on any atom is 0.256 e. The second-order valence-corrected chi connectivity index (χ2v) is 6.31. The summed E-state index contributed by atoms with van der Waals surface area (Å²) in [7, 11) is 0. The van der Waals surface area contributed by atoms with Gasteiger partial charge in [-0.3, -0.25) is 4.79 Å². The average Bonchev–Trinajstić information content (AvgIpc) is 2.61. The topological polar surface area (TPSA) is 71.3 Å². The van der Waals surface area contributed by atoms with Crippen LogP contribution < -0.4 is 10.1 Å². The van der Waals surface area contributed by atoms with Crippen molar-refractivity contribution in [3.05, 3.63) is 23.8 Å². The summed E-state index contributed by atoms with van der Waals surface area (Å²) in [5, 5.41) is 12.2. The molecule has 0 spiro atoms. The molecule has 1 N–H and O–H groups in total. The molecule has 5 heteroatoms. The fraction of sp³-hybridized carbons (Fsp3) is 0.600. The molecular formula is C20H30N2O3. The molecule has 0 heterocycles. The average molecular weight is 346 g/mol. The fourth-order valence-corrected chi connectivity index (χ4v) is 2.47. The molecule has 5 nitrogen and oxygen atoms in total. The molecule has 1 aromatic carbocycles. The molecule has 0 bridgehead atoms. The minimum Gasteiger partial charge on any atom is -0.492 e. The third kappa shape index (κ3) is 6.39. The Morgan fingerprint density at radius 1 is 1.20 bits per heavy atom. The molecule has 0 unspecified atom stereocenters. The molecule has 1 atom stereocenters. The van der Waals surface area contributed by atoms with Crippen molar-refractivity contribution in [2.45, 2.75) is 65.4 Å². The molecule has 0 aliphatic rings. The Morgan fingerprint density at radius 2 is 1.96 bits per heavy atom. The van der Waals surface area contributed by atoms with Crippen LogP contribution in [0.3, 0.4) is 0 Å². The van der Waals surface area contributed by atoms with Gasteiger partial charge >= 0.3 is 0 Å². The van der Waals surface area contributed by atoms with E-state index in [0.29, 0.717) is 36.6 Å². The summed E-state index contributed by atoms with van der Waals surface area (Å²) < 4.78 is 11.4. The molecule has 0 fully saturated rings. The molecule has 1 aromatic rings. The van der Waals surface area contributed by atoms with Crippen molar-refractivity contribution in [1.29, 1.82) is 5.26 Å². The quantitative estimate of drug-likeness (QED) is 0.591. The number of rotatable bonds is 11. The van der Waals surface area contributed by atoms with Crippen molar-refractivity contribution in [2.24, 2.45) is 0 Å². The third-order valence-corrected chi connectivity index (χ3v) is 3.95. The van der Waals surface area contributed by atoms with Crippen LogP contribution in [0.15, 0.2) is 18.2 Å². The maximum absolute atomic E-state index is 12.7. The Kier molecular flexibility index (Phi) is 9.01. The van der Waals surface area contributed by atoms with Crippen molar-refractivity contribution < 1.29 is 14.3 Å². The largest absolute Gasteiger partial charge is 0.492 e. The number of unbranched alkanes of at least 4 members (excludes halogenated alkanes) is 1. The van der Waals surface area contributed by atoms with Crippen LogP contribution in [0, 0.1) is 11.3 Å². The van der Waals surface area contributed by atoms with Crippen molar-refractivity contribution in [1.82, 2.24) is 0 Å². The predicted molar refractivity (Wildman–Crippen MR) is 99.7 cm³/mol. The highest BCUT2D eigenvalue weighted by molar-refractivity contribution is 5.97. The number of hydrogen-bond donors (Lipinski definition) is 1. The Bertz CT molecular complexity index is 595. The molecule has 0 saturated carbocycles. The first-order valence-corrected chi connectivity index (χ1v) is 9.13. The van der Waals surface area contributed by atoms with E-state index in [-0.39, 0.29) is 5.91 Å². The first-order chi connectivity index (χ1) is 12.0. The molecule has 1 rings (SSSR count). The van der Waals surface area contributed by atoms with E-state index < -0.39 is 5.60 Å². The van der Waals surface area contributed by atoms with Gasteiger partial charge in [0.15, 0.2) is 0 Å². The number of carbonyl (C=O) groups is 1.